The Balaban J connectivity index is 2.39. The Bertz CT molecular complexity index is 847. The lowest BCUT2D eigenvalue weighted by molar-refractivity contribution is -0.141. The lowest BCUT2D eigenvalue weighted by Gasteiger charge is -2.32. The summed E-state index contributed by atoms with van der Waals surface area (Å²) in [6, 6.07) is 12.4. The number of halogens is 2. The van der Waals surface area contributed by atoms with Crippen molar-refractivity contribution in [3.8, 4) is 0 Å². The van der Waals surface area contributed by atoms with Crippen LogP contribution in [0.1, 0.15) is 43.9 Å². The van der Waals surface area contributed by atoms with Gasteiger partial charge in [-0.1, -0.05) is 60.5 Å². The first-order valence-electron chi connectivity index (χ1n) is 9.81. The van der Waals surface area contributed by atoms with Crippen LogP contribution in [0.15, 0.2) is 42.5 Å². The number of carbonyl (C=O) groups excluding carboxylic acids is 2. The van der Waals surface area contributed by atoms with Crippen molar-refractivity contribution in [2.75, 3.05) is 0 Å². The van der Waals surface area contributed by atoms with E-state index in [2.05, 4.69) is 5.32 Å². The Kier molecular flexibility index (Phi) is 8.54. The summed E-state index contributed by atoms with van der Waals surface area (Å²) in [5.74, 6) is -0.315. The van der Waals surface area contributed by atoms with Crippen molar-refractivity contribution in [3.63, 3.8) is 0 Å². The summed E-state index contributed by atoms with van der Waals surface area (Å²) in [5, 5.41) is 3.87. The summed E-state index contributed by atoms with van der Waals surface area (Å²) in [5.41, 5.74) is 2.62. The molecule has 6 heteroatoms. The van der Waals surface area contributed by atoms with Gasteiger partial charge in [0, 0.05) is 28.2 Å². The third kappa shape index (κ3) is 6.22. The quantitative estimate of drug-likeness (QED) is 0.622. The van der Waals surface area contributed by atoms with Gasteiger partial charge < -0.3 is 10.2 Å². The molecule has 29 heavy (non-hydrogen) atoms. The smallest absolute Gasteiger partial charge is 0.243 e. The first-order valence-corrected chi connectivity index (χ1v) is 10.6. The molecule has 0 saturated carbocycles. The number of hydrogen-bond acceptors (Lipinski definition) is 2. The van der Waals surface area contributed by atoms with Crippen molar-refractivity contribution in [1.82, 2.24) is 10.2 Å². The molecule has 0 aliphatic carbocycles. The molecule has 0 aliphatic heterocycles. The third-order valence-corrected chi connectivity index (χ3v) is 5.52. The average molecular weight is 435 g/mol. The molecule has 2 aromatic rings. The van der Waals surface area contributed by atoms with Gasteiger partial charge in [0.05, 0.1) is 6.42 Å². The van der Waals surface area contributed by atoms with Crippen LogP contribution >= 0.6 is 23.2 Å². The molecule has 2 aromatic carbocycles. The Hall–Kier alpha value is -2.04. The van der Waals surface area contributed by atoms with Crippen molar-refractivity contribution in [1.29, 1.82) is 0 Å². The minimum absolute atomic E-state index is 0.0197. The molecule has 0 fully saturated rings. The summed E-state index contributed by atoms with van der Waals surface area (Å²) in [6.07, 6.45) is 0.695. The molecule has 0 aromatic heterocycles. The maximum atomic E-state index is 13.3. The lowest BCUT2D eigenvalue weighted by Crippen LogP contribution is -2.50. The number of rotatable bonds is 8. The molecule has 2 rings (SSSR count). The Morgan fingerprint density at radius 1 is 1.03 bits per heavy atom. The van der Waals surface area contributed by atoms with Gasteiger partial charge in [0.2, 0.25) is 11.8 Å². The van der Waals surface area contributed by atoms with Gasteiger partial charge in [-0.3, -0.25) is 9.59 Å². The predicted molar refractivity (Wildman–Crippen MR) is 119 cm³/mol. The van der Waals surface area contributed by atoms with Crippen molar-refractivity contribution < 1.29 is 9.59 Å². The van der Waals surface area contributed by atoms with Crippen LogP contribution in [0.4, 0.5) is 0 Å². The Labute approximate surface area is 183 Å². The summed E-state index contributed by atoms with van der Waals surface area (Å²) in [7, 11) is 0. The van der Waals surface area contributed by atoms with Gasteiger partial charge >= 0.3 is 0 Å². The van der Waals surface area contributed by atoms with Crippen LogP contribution in [0, 0.1) is 6.92 Å². The zero-order chi connectivity index (χ0) is 21.6. The van der Waals surface area contributed by atoms with Gasteiger partial charge in [-0.15, -0.1) is 0 Å². The molecule has 0 heterocycles. The van der Waals surface area contributed by atoms with Crippen LogP contribution in [-0.2, 0) is 22.6 Å². The molecule has 0 spiro atoms. The zero-order valence-electron chi connectivity index (χ0n) is 17.3. The minimum atomic E-state index is -0.610. The summed E-state index contributed by atoms with van der Waals surface area (Å²) in [4.78, 5) is 27.8. The fourth-order valence-electron chi connectivity index (χ4n) is 3.23. The minimum Gasteiger partial charge on any atom is -0.352 e. The molecule has 0 aliphatic rings. The van der Waals surface area contributed by atoms with E-state index >= 15 is 0 Å². The van der Waals surface area contributed by atoms with E-state index in [-0.39, 0.29) is 30.8 Å². The van der Waals surface area contributed by atoms with Crippen molar-refractivity contribution in [2.45, 2.75) is 59.2 Å². The van der Waals surface area contributed by atoms with E-state index in [1.165, 1.54) is 0 Å². The third-order valence-electron chi connectivity index (χ3n) is 4.81. The number of nitrogens with zero attached hydrogens (tertiary/aromatic N) is 1. The van der Waals surface area contributed by atoms with E-state index in [1.54, 1.807) is 23.1 Å². The maximum Gasteiger partial charge on any atom is 0.243 e. The predicted octanol–water partition coefficient (Wildman–Crippen LogP) is 5.18. The van der Waals surface area contributed by atoms with Gasteiger partial charge in [0.15, 0.2) is 0 Å². The van der Waals surface area contributed by atoms with E-state index in [1.807, 2.05) is 52.0 Å². The second-order valence-electron chi connectivity index (χ2n) is 7.41. The van der Waals surface area contributed by atoms with Crippen LogP contribution in [0.2, 0.25) is 10.0 Å². The largest absolute Gasteiger partial charge is 0.352 e. The first kappa shape index (κ1) is 23.2. The van der Waals surface area contributed by atoms with E-state index in [0.29, 0.717) is 22.0 Å². The molecular weight excluding hydrogens is 407 g/mol. The number of benzene rings is 2. The first-order chi connectivity index (χ1) is 13.7. The number of hydrogen-bond donors (Lipinski definition) is 1. The van der Waals surface area contributed by atoms with Gasteiger partial charge in [-0.05, 0) is 50.5 Å². The number of carbonyl (C=O) groups is 2. The highest BCUT2D eigenvalue weighted by Crippen LogP contribution is 2.27. The molecule has 4 nitrogen and oxygen atoms in total. The van der Waals surface area contributed by atoms with Crippen molar-refractivity contribution >= 4 is 35.0 Å². The molecule has 1 N–H and O–H groups in total. The van der Waals surface area contributed by atoms with Crippen LogP contribution < -0.4 is 5.32 Å². The Morgan fingerprint density at radius 3 is 2.21 bits per heavy atom. The molecule has 0 radical (unpaired) electrons. The molecule has 1 unspecified atom stereocenters. The van der Waals surface area contributed by atoms with E-state index < -0.39 is 6.04 Å². The topological polar surface area (TPSA) is 49.4 Å². The summed E-state index contributed by atoms with van der Waals surface area (Å²) >= 11 is 12.7. The van der Waals surface area contributed by atoms with Crippen LogP contribution in [-0.4, -0.2) is 28.8 Å². The number of nitrogens with one attached hydrogen (secondary N) is 1. The van der Waals surface area contributed by atoms with Crippen LogP contribution in [0.5, 0.6) is 0 Å². The molecule has 0 bridgehead atoms. The highest BCUT2D eigenvalue weighted by Gasteiger charge is 2.30. The standard InChI is InChI=1S/C23H28Cl2N2O2/c1-5-21(23(29)26-15(2)3)27(14-18-19(24)11-8-12-20(18)25)22(28)13-17-10-7-6-9-16(17)4/h6-12,15,21H,5,13-14H2,1-4H3,(H,26,29). The van der Waals surface area contributed by atoms with Gasteiger partial charge in [0.25, 0.3) is 0 Å². The van der Waals surface area contributed by atoms with Crippen molar-refractivity contribution in [3.05, 3.63) is 69.2 Å². The van der Waals surface area contributed by atoms with Gasteiger partial charge in [0.1, 0.15) is 6.04 Å². The monoisotopic (exact) mass is 434 g/mol. The van der Waals surface area contributed by atoms with E-state index in [0.717, 1.165) is 11.1 Å². The molecule has 0 saturated heterocycles. The van der Waals surface area contributed by atoms with E-state index in [4.69, 9.17) is 23.2 Å². The average Bonchev–Trinajstić information content (AvgIpc) is 2.65. The summed E-state index contributed by atoms with van der Waals surface area (Å²) < 4.78 is 0. The zero-order valence-corrected chi connectivity index (χ0v) is 18.8. The summed E-state index contributed by atoms with van der Waals surface area (Å²) in [6.45, 7) is 7.84. The Morgan fingerprint density at radius 2 is 1.66 bits per heavy atom. The number of amides is 2. The van der Waals surface area contributed by atoms with E-state index in [9.17, 15) is 9.59 Å². The molecule has 1 atom stereocenters. The normalized spacial score (nSPS) is 12.0. The number of aryl methyl sites for hydroxylation is 1. The molecule has 156 valence electrons. The SMILES string of the molecule is CCC(C(=O)NC(C)C)N(Cc1c(Cl)cccc1Cl)C(=O)Cc1ccccc1C. The van der Waals surface area contributed by atoms with Crippen LogP contribution in [0.25, 0.3) is 0 Å². The lowest BCUT2D eigenvalue weighted by atomic mass is 10.0. The van der Waals surface area contributed by atoms with Gasteiger partial charge in [-0.2, -0.15) is 0 Å². The maximum absolute atomic E-state index is 13.3. The fraction of sp³-hybridized carbons (Fsp3) is 0.391. The highest BCUT2D eigenvalue weighted by molar-refractivity contribution is 6.36. The fourth-order valence-corrected chi connectivity index (χ4v) is 3.74. The van der Waals surface area contributed by atoms with Gasteiger partial charge in [-0.25, -0.2) is 0 Å². The van der Waals surface area contributed by atoms with Crippen molar-refractivity contribution in [2.24, 2.45) is 0 Å². The second kappa shape index (κ2) is 10.7. The molecule has 2 amide bonds. The molecular formula is C23H28Cl2N2O2. The van der Waals surface area contributed by atoms with Crippen LogP contribution in [0.3, 0.4) is 0 Å². The highest BCUT2D eigenvalue weighted by atomic mass is 35.5. The second-order valence-corrected chi connectivity index (χ2v) is 8.23.